The van der Waals surface area contributed by atoms with E-state index in [9.17, 15) is 43.7 Å². The molecule has 0 radical (unpaired) electrons. The Balaban J connectivity index is 0.000000150. The Hall–Kier alpha value is -13.7. The highest BCUT2D eigenvalue weighted by atomic mass is 35.5. The number of aromatic nitrogens is 6. The van der Waals surface area contributed by atoms with Gasteiger partial charge in [0.1, 0.15) is 53.7 Å². The third-order valence-electron chi connectivity index (χ3n) is 24.9. The molecule has 18 rings (SSSR count). The topological polar surface area (TPSA) is 361 Å². The highest BCUT2D eigenvalue weighted by molar-refractivity contribution is 7.07. The zero-order chi connectivity index (χ0) is 106. The van der Waals surface area contributed by atoms with Crippen LogP contribution >= 0.6 is 92.5 Å². The molecule has 2 unspecified atom stereocenters. The molecule has 148 heavy (non-hydrogen) atoms. The molecule has 1 saturated heterocycles. The number of amides is 5. The smallest absolute Gasteiger partial charge is 0.344 e. The number of fused-ring (bicyclic) bond motifs is 5. The molecule has 2 fully saturated rings. The van der Waals surface area contributed by atoms with Crippen molar-refractivity contribution in [3.05, 3.63) is 348 Å². The van der Waals surface area contributed by atoms with Gasteiger partial charge in [-0.1, -0.05) is 251 Å². The first kappa shape index (κ1) is 111. The number of nitrogens with zero attached hydrogens (tertiary/aromatic N) is 12. The molecule has 14 aromatic rings. The van der Waals surface area contributed by atoms with E-state index in [-0.39, 0.29) is 101 Å². The van der Waals surface area contributed by atoms with Crippen molar-refractivity contribution in [1.82, 2.24) is 44.4 Å². The Morgan fingerprint density at radius 2 is 1.36 bits per heavy atom. The fourth-order valence-electron chi connectivity index (χ4n) is 17.9. The maximum absolute atomic E-state index is 13.6. The Bertz CT molecular complexity index is 6970. The molecule has 30 nitrogen and oxygen atoms in total. The Labute approximate surface area is 896 Å². The summed E-state index contributed by atoms with van der Waals surface area (Å²) in [5, 5.41) is 24.9. The number of methoxy groups -OCH3 is 2. The van der Waals surface area contributed by atoms with Gasteiger partial charge in [0, 0.05) is 112 Å². The lowest BCUT2D eigenvalue weighted by Crippen LogP contribution is -2.59. The molecule has 1 saturated carbocycles. The average molecular weight is 2160 g/mol. The minimum absolute atomic E-state index is 0.0190. The largest absolute Gasteiger partial charge is 0.497 e. The van der Waals surface area contributed by atoms with E-state index in [0.717, 1.165) is 75.6 Å². The second-order valence-corrected chi connectivity index (χ2v) is 38.4. The van der Waals surface area contributed by atoms with Crippen LogP contribution in [0.3, 0.4) is 0 Å². The molecule has 0 spiro atoms. The van der Waals surface area contributed by atoms with Crippen molar-refractivity contribution >= 4 is 190 Å². The lowest BCUT2D eigenvalue weighted by atomic mass is 9.83. The van der Waals surface area contributed by atoms with Crippen LogP contribution in [0.2, 0.25) is 10.0 Å². The van der Waals surface area contributed by atoms with E-state index in [1.165, 1.54) is 46.3 Å². The lowest BCUT2D eigenvalue weighted by Gasteiger charge is -2.46. The number of Topliss-reactive ketones (excluding diaryl/α,β-unsaturated/α-hetero) is 1. The van der Waals surface area contributed by atoms with E-state index in [1.54, 1.807) is 90.3 Å². The van der Waals surface area contributed by atoms with Gasteiger partial charge in [-0.2, -0.15) is 19.9 Å². The van der Waals surface area contributed by atoms with Crippen LogP contribution in [-0.2, 0) is 64.4 Å². The highest BCUT2D eigenvalue weighted by Gasteiger charge is 2.48. The van der Waals surface area contributed by atoms with Crippen LogP contribution in [0.15, 0.2) is 276 Å². The number of nitro groups is 1. The quantitative estimate of drug-likeness (QED) is 0.0129. The highest BCUT2D eigenvalue weighted by Crippen LogP contribution is 2.44. The molecule has 4 N–H and O–H groups in total. The normalized spacial score (nSPS) is 14.2. The molecule has 2 atom stereocenters. The van der Waals surface area contributed by atoms with E-state index >= 15 is 0 Å². The van der Waals surface area contributed by atoms with Gasteiger partial charge in [0.25, 0.3) is 11.8 Å². The number of carbonyl (C=O) groups is 7. The first-order valence-electron chi connectivity index (χ1n) is 47.6. The molecule has 10 aromatic carbocycles. The molecule has 38 heteroatoms. The van der Waals surface area contributed by atoms with Gasteiger partial charge < -0.3 is 63.5 Å². The molecule has 1 aliphatic carbocycles. The number of anilines is 5. The zero-order valence-corrected chi connectivity index (χ0v) is 88.3. The summed E-state index contributed by atoms with van der Waals surface area (Å²) >= 11 is 42.4. The second-order valence-electron chi connectivity index (χ2n) is 35.3. The van der Waals surface area contributed by atoms with E-state index < -0.39 is 34.4 Å². The summed E-state index contributed by atoms with van der Waals surface area (Å²) in [6, 6.07) is 76.0. The Morgan fingerprint density at radius 1 is 0.696 bits per heavy atom. The van der Waals surface area contributed by atoms with Crippen LogP contribution in [0.5, 0.6) is 23.0 Å². The van der Waals surface area contributed by atoms with Crippen LogP contribution in [0.25, 0.3) is 21.7 Å². The second kappa shape index (κ2) is 54.3. The number of alkyl halides is 5. The lowest BCUT2D eigenvalue weighted by molar-refractivity contribution is -0.386. The summed E-state index contributed by atoms with van der Waals surface area (Å²) in [6.07, 6.45) is 10.1. The van der Waals surface area contributed by atoms with Gasteiger partial charge in [0.2, 0.25) is 47.9 Å². The Morgan fingerprint density at radius 3 is 2.01 bits per heavy atom. The third-order valence-corrected chi connectivity index (χ3v) is 27.5. The van der Waals surface area contributed by atoms with Crippen molar-refractivity contribution in [3.63, 3.8) is 0 Å². The van der Waals surface area contributed by atoms with E-state index in [2.05, 4.69) is 77.2 Å². The van der Waals surface area contributed by atoms with E-state index in [1.807, 2.05) is 194 Å². The first-order valence-corrected chi connectivity index (χ1v) is 51.9. The number of aromatic amines is 1. The fraction of sp³-hybridized carbons (Fsp3) is 0.291. The third kappa shape index (κ3) is 28.8. The van der Waals surface area contributed by atoms with Crippen LogP contribution < -0.4 is 44.6 Å². The number of piperazine rings is 1. The maximum atomic E-state index is 13.6. The van der Waals surface area contributed by atoms with Crippen molar-refractivity contribution in [3.8, 4) is 23.0 Å². The number of nitrogen functional groups attached to an aromatic ring is 1. The molecule has 772 valence electrons. The number of thiazole rings is 1. The standard InChI is InChI=1S/C24H27Cl2NO3.C24H26N4O4.C19H18ClNO4.C17H19ClN2O3.C14H12ClN5.C12H10Cl2N2OS/c1-30-21-12-10-18(11-13-21)24(22(28)14-17-6-3-2-4-7-17)27(23(29)16-25)20-9-5-8-19(26)15-20;1-17(2)23-22(28(30)31)20(25-32-23)24(29)27-15-13-26(14-16-27)21(18-9-5-3-6-10-18)19-11-7-4-8-12-19;1-2-9-23-16-6-4-3-5-14(16)12-21(19(22)11-20)15-7-8-17-18(10-15)25-13-24-17;1-17(2)15-11(10-6-4-5-7-12(10)19-15)8-13(16(22)23-3)20(17)14(21)9-18;15-8-12-18-13(16)20-14(19-12)17-11-6-5-9-3-1-2-4-10(9)7-11;13-7-11(17)15-12-16(5-6-18-12)8-9-3-1-2-4-10(9)14/h5,8-13,15,17,24H,2-4,6-7,14,16H2,1H3;3-12,17,21H,13-16H2,1-2H3;2-8,10H,1,9,11-13H2;4-7,13,19H,8-9H2,1-3H3;1-7H,8H2,(H3,16,17,18,19,20);1-6H,7-8H2. The number of hydrogen-bond donors (Lipinski definition) is 3. The van der Waals surface area contributed by atoms with E-state index in [4.69, 9.17) is 115 Å². The molecule has 3 aliphatic heterocycles. The number of rotatable bonds is 29. The number of H-pyrrole nitrogens is 1. The van der Waals surface area contributed by atoms with Gasteiger partial charge in [-0.25, -0.2) is 4.79 Å². The molecule has 0 bridgehead atoms. The number of ketones is 1. The molecule has 4 aromatic heterocycles. The Kier molecular flexibility index (Phi) is 40.9. The summed E-state index contributed by atoms with van der Waals surface area (Å²) in [4.78, 5) is 128. The minimum atomic E-state index is -0.762. The van der Waals surface area contributed by atoms with Crippen molar-refractivity contribution in [1.29, 1.82) is 0 Å². The number of ether oxygens (including phenoxy) is 5. The van der Waals surface area contributed by atoms with Crippen molar-refractivity contribution in [2.75, 3.05) is 98.2 Å². The molecular weight excluding hydrogens is 2050 g/mol. The van der Waals surface area contributed by atoms with Gasteiger partial charge >= 0.3 is 11.7 Å². The fourth-order valence-corrected chi connectivity index (χ4v) is 19.6. The van der Waals surface area contributed by atoms with Gasteiger partial charge in [-0.3, -0.25) is 48.7 Å². The summed E-state index contributed by atoms with van der Waals surface area (Å²) in [7, 11) is 2.93. The van der Waals surface area contributed by atoms with Crippen LogP contribution in [0.4, 0.5) is 34.6 Å². The SMILES string of the molecule is C=CCOc1ccccc1CN(C(=O)CCl)c1ccc2c(c1)OCO2.CC(C)c1onc(C(=O)N2CCN(C(c3ccccc3)c3ccccc3)CC2)c1[N+](=O)[O-].COC(=O)C1Cc2c([nH]c3ccccc23)C(C)(C)N1C(=O)CCl.COc1ccc(C(C(=O)CC2CCCCC2)N(C(=O)CCl)c2cccc(Cl)c2)cc1.Nc1nc(CCl)nc(Nc2ccc3ccccc3c2)n1.O=C(CCl)N=c1sccn1Cc1ccccc1Cl. The van der Waals surface area contributed by atoms with Crippen LogP contribution in [-0.4, -0.2) is 174 Å². The van der Waals surface area contributed by atoms with Crippen molar-refractivity contribution in [2.24, 2.45) is 10.9 Å². The number of nitrogens with one attached hydrogen (secondary N) is 2. The zero-order valence-electron chi connectivity index (χ0n) is 82.2. The van der Waals surface area contributed by atoms with Gasteiger partial charge in [-0.05, 0) is 131 Å². The number of halogens is 7. The molecule has 5 amide bonds. The number of nitrogens with two attached hydrogens (primary N) is 1. The monoisotopic (exact) mass is 2160 g/mol. The molecular formula is C110H112Cl7N15O15S. The van der Waals surface area contributed by atoms with Crippen molar-refractivity contribution < 1.29 is 66.7 Å². The number of benzene rings is 10. The van der Waals surface area contributed by atoms with Gasteiger partial charge in [0.15, 0.2) is 27.9 Å². The van der Waals surface area contributed by atoms with Gasteiger partial charge in [-0.15, -0.1) is 69.3 Å². The summed E-state index contributed by atoms with van der Waals surface area (Å²) in [5.41, 5.74) is 14.5. The van der Waals surface area contributed by atoms with E-state index in [0.29, 0.717) is 126 Å². The van der Waals surface area contributed by atoms with Gasteiger partial charge in [0.05, 0.1) is 49.7 Å². The number of carbonyl (C=O) groups excluding carboxylic acids is 7. The predicted octanol–water partition coefficient (Wildman–Crippen LogP) is 22.8. The van der Waals surface area contributed by atoms with Crippen LogP contribution in [0, 0.1) is 16.0 Å². The first-order chi connectivity index (χ1) is 71.6. The van der Waals surface area contributed by atoms with Crippen molar-refractivity contribution in [2.45, 2.75) is 121 Å². The number of hydrogen-bond acceptors (Lipinski definition) is 23. The molecule has 4 aliphatic rings. The maximum Gasteiger partial charge on any atom is 0.344 e. The minimum Gasteiger partial charge on any atom is -0.497 e. The molecule has 7 heterocycles. The number of esters is 1. The summed E-state index contributed by atoms with van der Waals surface area (Å²) in [5.74, 6) is 1.45. The summed E-state index contributed by atoms with van der Waals surface area (Å²) in [6.45, 7) is 14.7. The summed E-state index contributed by atoms with van der Waals surface area (Å²) < 4.78 is 33.6. The van der Waals surface area contributed by atoms with Crippen LogP contribution in [0.1, 0.15) is 145 Å². The predicted molar refractivity (Wildman–Crippen MR) is 581 cm³/mol. The number of para-hydroxylation sites is 2. The average Bonchev–Trinajstić information content (AvgIpc) is 1.56.